The van der Waals surface area contributed by atoms with Gasteiger partial charge in [-0.1, -0.05) is 31.4 Å². The molecule has 2 heteroatoms. The molecule has 1 aromatic carbocycles. The maximum Gasteiger partial charge on any atom is 0.120 e. The molecule has 0 bridgehead atoms. The molecule has 19 heavy (non-hydrogen) atoms. The number of benzene rings is 1. The van der Waals surface area contributed by atoms with Crippen LogP contribution in [0.1, 0.15) is 62.0 Å². The number of hydrogen-bond donors (Lipinski definition) is 0. The Morgan fingerprint density at radius 3 is 2.47 bits per heavy atom. The molecule has 1 aromatic rings. The van der Waals surface area contributed by atoms with Crippen LogP contribution in [-0.2, 0) is 4.79 Å². The molecule has 0 saturated heterocycles. The van der Waals surface area contributed by atoms with E-state index in [1.807, 2.05) is 12.1 Å². The van der Waals surface area contributed by atoms with E-state index in [9.17, 15) is 4.79 Å². The van der Waals surface area contributed by atoms with E-state index in [1.54, 1.807) is 0 Å². The minimum absolute atomic E-state index is 0.484. The maximum atomic E-state index is 10.7. The summed E-state index contributed by atoms with van der Waals surface area (Å²) in [5.74, 6) is 1.19. The topological polar surface area (TPSA) is 40.9 Å². The van der Waals surface area contributed by atoms with Crippen LogP contribution in [0, 0.1) is 17.2 Å². The van der Waals surface area contributed by atoms with Gasteiger partial charge in [0.05, 0.1) is 11.6 Å². The summed E-state index contributed by atoms with van der Waals surface area (Å²) < 4.78 is 0. The zero-order valence-corrected chi connectivity index (χ0v) is 11.3. The molecule has 0 aromatic heterocycles. The van der Waals surface area contributed by atoms with Crippen LogP contribution in [0.2, 0.25) is 0 Å². The van der Waals surface area contributed by atoms with Crippen molar-refractivity contribution in [1.29, 1.82) is 5.26 Å². The number of hydrogen-bond acceptors (Lipinski definition) is 2. The van der Waals surface area contributed by atoms with Crippen molar-refractivity contribution in [3.8, 4) is 6.07 Å². The minimum atomic E-state index is 0.484. The summed E-state index contributed by atoms with van der Waals surface area (Å²) in [5, 5.41) is 8.86. The molecule has 1 atom stereocenters. The van der Waals surface area contributed by atoms with Gasteiger partial charge >= 0.3 is 0 Å². The van der Waals surface area contributed by atoms with Crippen molar-refractivity contribution in [2.45, 2.75) is 50.9 Å². The summed E-state index contributed by atoms with van der Waals surface area (Å²) >= 11 is 0. The lowest BCUT2D eigenvalue weighted by Crippen LogP contribution is -2.16. The van der Waals surface area contributed by atoms with E-state index >= 15 is 0 Å². The number of aldehydes is 1. The highest BCUT2D eigenvalue weighted by molar-refractivity contribution is 5.49. The molecule has 0 amide bonds. The lowest BCUT2D eigenvalue weighted by atomic mass is 9.75. The predicted octanol–water partition coefficient (Wildman–Crippen LogP) is 4.20. The summed E-state index contributed by atoms with van der Waals surface area (Å²) in [7, 11) is 0. The monoisotopic (exact) mass is 255 g/mol. The van der Waals surface area contributed by atoms with Crippen LogP contribution in [0.25, 0.3) is 0 Å². The third-order valence-corrected chi connectivity index (χ3v) is 4.28. The summed E-state index contributed by atoms with van der Waals surface area (Å²) in [6, 6.07) is 10.1. The minimum Gasteiger partial charge on any atom is -0.303 e. The third-order valence-electron chi connectivity index (χ3n) is 4.28. The quantitative estimate of drug-likeness (QED) is 0.740. The van der Waals surface area contributed by atoms with Crippen molar-refractivity contribution in [1.82, 2.24) is 0 Å². The van der Waals surface area contributed by atoms with Crippen LogP contribution >= 0.6 is 0 Å². The summed E-state index contributed by atoms with van der Waals surface area (Å²) in [5.41, 5.74) is 2.01. The van der Waals surface area contributed by atoms with E-state index < -0.39 is 0 Å². The third kappa shape index (κ3) is 3.67. The van der Waals surface area contributed by atoms with Gasteiger partial charge in [-0.05, 0) is 48.8 Å². The molecule has 0 aliphatic heterocycles. The van der Waals surface area contributed by atoms with E-state index in [0.717, 1.165) is 12.7 Å². The first-order valence-electron chi connectivity index (χ1n) is 7.29. The van der Waals surface area contributed by atoms with E-state index in [2.05, 4.69) is 18.2 Å². The average molecular weight is 255 g/mol. The standard InChI is InChI=1S/C17H21NO/c18-13-14-8-10-16(11-9-14)17(7-4-12-19)15-5-2-1-3-6-15/h8-12,15,17H,1-7H2. The number of carbonyl (C=O) groups is 1. The summed E-state index contributed by atoms with van der Waals surface area (Å²) in [4.78, 5) is 10.7. The van der Waals surface area contributed by atoms with Crippen molar-refractivity contribution in [3.05, 3.63) is 35.4 Å². The first-order chi connectivity index (χ1) is 9.35. The number of carbonyl (C=O) groups excluding carboxylic acids is 1. The molecule has 1 fully saturated rings. The Bertz CT molecular complexity index is 437. The molecule has 1 aliphatic rings. The zero-order chi connectivity index (χ0) is 13.5. The molecule has 0 heterocycles. The predicted molar refractivity (Wildman–Crippen MR) is 75.8 cm³/mol. The van der Waals surface area contributed by atoms with Crippen LogP contribution in [0.5, 0.6) is 0 Å². The smallest absolute Gasteiger partial charge is 0.120 e. The van der Waals surface area contributed by atoms with Crippen molar-refractivity contribution < 1.29 is 4.79 Å². The molecule has 0 N–H and O–H groups in total. The van der Waals surface area contributed by atoms with Crippen molar-refractivity contribution >= 4 is 6.29 Å². The van der Waals surface area contributed by atoms with E-state index in [-0.39, 0.29) is 0 Å². The Labute approximate surface area is 115 Å². The summed E-state index contributed by atoms with van der Waals surface area (Å²) in [6.07, 6.45) is 9.16. The largest absolute Gasteiger partial charge is 0.303 e. The lowest BCUT2D eigenvalue weighted by molar-refractivity contribution is -0.108. The van der Waals surface area contributed by atoms with Gasteiger partial charge in [0.15, 0.2) is 0 Å². The van der Waals surface area contributed by atoms with Gasteiger partial charge in [0.2, 0.25) is 0 Å². The first kappa shape index (κ1) is 13.8. The molecule has 2 rings (SSSR count). The maximum absolute atomic E-state index is 10.7. The SMILES string of the molecule is N#Cc1ccc(C(CCC=O)C2CCCCC2)cc1. The fraction of sp³-hybridized carbons (Fsp3) is 0.529. The van der Waals surface area contributed by atoms with Crippen LogP contribution in [0.4, 0.5) is 0 Å². The molecule has 0 radical (unpaired) electrons. The van der Waals surface area contributed by atoms with Crippen LogP contribution < -0.4 is 0 Å². The Morgan fingerprint density at radius 2 is 1.89 bits per heavy atom. The van der Waals surface area contributed by atoms with Crippen LogP contribution in [-0.4, -0.2) is 6.29 Å². The Balaban J connectivity index is 2.14. The van der Waals surface area contributed by atoms with Gasteiger partial charge in [0, 0.05) is 6.42 Å². The summed E-state index contributed by atoms with van der Waals surface area (Å²) in [6.45, 7) is 0. The van der Waals surface area contributed by atoms with Gasteiger partial charge in [-0.15, -0.1) is 0 Å². The van der Waals surface area contributed by atoms with Gasteiger partial charge in [0.25, 0.3) is 0 Å². The highest BCUT2D eigenvalue weighted by Crippen LogP contribution is 2.38. The van der Waals surface area contributed by atoms with Gasteiger partial charge in [-0.25, -0.2) is 0 Å². The fourth-order valence-corrected chi connectivity index (χ4v) is 3.26. The average Bonchev–Trinajstić information content (AvgIpc) is 2.49. The van der Waals surface area contributed by atoms with Gasteiger partial charge in [-0.2, -0.15) is 5.26 Å². The van der Waals surface area contributed by atoms with Gasteiger partial charge in [0.1, 0.15) is 6.29 Å². The Kier molecular flexibility index (Phi) is 5.15. The molecule has 2 nitrogen and oxygen atoms in total. The van der Waals surface area contributed by atoms with E-state index in [1.165, 1.54) is 37.7 Å². The molecule has 1 saturated carbocycles. The second-order valence-corrected chi connectivity index (χ2v) is 5.48. The molecule has 100 valence electrons. The molecular weight excluding hydrogens is 234 g/mol. The first-order valence-corrected chi connectivity index (χ1v) is 7.29. The number of rotatable bonds is 5. The lowest BCUT2D eigenvalue weighted by Gasteiger charge is -2.30. The van der Waals surface area contributed by atoms with E-state index in [0.29, 0.717) is 23.8 Å². The van der Waals surface area contributed by atoms with E-state index in [4.69, 9.17) is 5.26 Å². The zero-order valence-electron chi connectivity index (χ0n) is 11.3. The highest BCUT2D eigenvalue weighted by atomic mass is 16.1. The fourth-order valence-electron chi connectivity index (χ4n) is 3.26. The van der Waals surface area contributed by atoms with Crippen LogP contribution in [0.15, 0.2) is 24.3 Å². The van der Waals surface area contributed by atoms with Crippen molar-refractivity contribution in [2.75, 3.05) is 0 Å². The van der Waals surface area contributed by atoms with Gasteiger partial charge in [-0.3, -0.25) is 0 Å². The number of nitriles is 1. The molecular formula is C17H21NO. The Hall–Kier alpha value is -1.62. The Morgan fingerprint density at radius 1 is 1.21 bits per heavy atom. The normalized spacial score (nSPS) is 17.6. The highest BCUT2D eigenvalue weighted by Gasteiger charge is 2.24. The second kappa shape index (κ2) is 7.09. The molecule has 0 spiro atoms. The second-order valence-electron chi connectivity index (χ2n) is 5.48. The molecule has 1 unspecified atom stereocenters. The molecule has 1 aliphatic carbocycles. The number of nitrogens with zero attached hydrogens (tertiary/aromatic N) is 1. The van der Waals surface area contributed by atoms with Crippen LogP contribution in [0.3, 0.4) is 0 Å². The van der Waals surface area contributed by atoms with Crippen molar-refractivity contribution in [2.24, 2.45) is 5.92 Å². The van der Waals surface area contributed by atoms with Gasteiger partial charge < -0.3 is 4.79 Å². The van der Waals surface area contributed by atoms with Crippen molar-refractivity contribution in [3.63, 3.8) is 0 Å².